The average Bonchev–Trinajstić information content (AvgIpc) is 3.94. The molecule has 4 heterocycles. The fourth-order valence-electron chi connectivity index (χ4n) is 11.7. The molecule has 15 aromatic rings. The van der Waals surface area contributed by atoms with Crippen LogP contribution < -0.4 is 0 Å². The summed E-state index contributed by atoms with van der Waals surface area (Å²) in [6.07, 6.45) is 1.94. The average molecular weight is 892 g/mol. The number of hydrogen-bond acceptors (Lipinski definition) is 1. The fourth-order valence-corrected chi connectivity index (χ4v) is 11.7. The van der Waals surface area contributed by atoms with E-state index in [-0.39, 0.29) is 0 Å². The van der Waals surface area contributed by atoms with Crippen LogP contribution in [0.3, 0.4) is 0 Å². The van der Waals surface area contributed by atoms with Crippen molar-refractivity contribution >= 4 is 109 Å². The van der Waals surface area contributed by atoms with Crippen LogP contribution in [0.1, 0.15) is 0 Å². The highest BCUT2D eigenvalue weighted by molar-refractivity contribution is 6.27. The maximum absolute atomic E-state index is 5.28. The Balaban J connectivity index is 1.10. The van der Waals surface area contributed by atoms with Crippen molar-refractivity contribution in [3.05, 3.63) is 249 Å². The third-order valence-corrected chi connectivity index (χ3v) is 14.6. The number of benzene rings is 10. The summed E-state index contributed by atoms with van der Waals surface area (Å²) >= 11 is 0. The Morgan fingerprint density at radius 2 is 0.571 bits per heavy atom. The summed E-state index contributed by atoms with van der Waals surface area (Å²) in [7, 11) is 0. The second kappa shape index (κ2) is 15.0. The van der Waals surface area contributed by atoms with Gasteiger partial charge in [0.25, 0.3) is 0 Å². The van der Waals surface area contributed by atoms with Crippen LogP contribution >= 0.6 is 0 Å². The quantitative estimate of drug-likeness (QED) is 0.162. The molecule has 326 valence electrons. The first-order valence-corrected chi connectivity index (χ1v) is 24.0. The normalized spacial score (nSPS) is 12.0. The summed E-state index contributed by atoms with van der Waals surface area (Å²) in [5.74, 6) is 0. The van der Waals surface area contributed by atoms with Crippen LogP contribution in [0.25, 0.3) is 132 Å². The van der Waals surface area contributed by atoms with Gasteiger partial charge in [-0.3, -0.25) is 4.98 Å². The number of rotatable bonds is 4. The van der Waals surface area contributed by atoms with Crippen molar-refractivity contribution in [1.29, 1.82) is 0 Å². The van der Waals surface area contributed by atoms with Gasteiger partial charge in [-0.15, -0.1) is 0 Å². The first-order chi connectivity index (χ1) is 34.8. The zero-order chi connectivity index (χ0) is 45.9. The highest BCUT2D eigenvalue weighted by Crippen LogP contribution is 2.42. The van der Waals surface area contributed by atoms with Crippen molar-refractivity contribution in [1.82, 2.24) is 23.3 Å². The third-order valence-electron chi connectivity index (χ3n) is 14.6. The molecule has 0 fully saturated rings. The minimum Gasteiger partial charge on any atom is -0.309 e. The minimum atomic E-state index is 0.955. The van der Waals surface area contributed by atoms with E-state index in [0.29, 0.717) is 0 Å². The number of hydrogen-bond donors (Lipinski definition) is 0. The molecule has 11 aromatic carbocycles. The SMILES string of the molecule is c1ccc(-n2c3ccccc3n(-c3ccccc3)c3cc4c(cc32)c2cc(-n3c5ccccc5c5cc(-n6c7ccccc7c7ccccc76)ccc53)ccc2c2ccccc2c2cccnc24)cc1. The first kappa shape index (κ1) is 38.6. The smallest absolute Gasteiger partial charge is 0.0787 e. The largest absolute Gasteiger partial charge is 0.309 e. The summed E-state index contributed by atoms with van der Waals surface area (Å²) < 4.78 is 9.72. The monoisotopic (exact) mass is 891 g/mol. The van der Waals surface area contributed by atoms with Crippen LogP contribution in [-0.2, 0) is 0 Å². The maximum Gasteiger partial charge on any atom is 0.0787 e. The van der Waals surface area contributed by atoms with E-state index in [9.17, 15) is 0 Å². The molecule has 0 atom stereocenters. The van der Waals surface area contributed by atoms with E-state index in [1.165, 1.54) is 43.4 Å². The molecule has 5 heteroatoms. The Morgan fingerprint density at radius 1 is 0.200 bits per heavy atom. The molecule has 0 N–H and O–H groups in total. The number of aromatic nitrogens is 5. The lowest BCUT2D eigenvalue weighted by Crippen LogP contribution is -2.08. The Morgan fingerprint density at radius 3 is 1.14 bits per heavy atom. The second-order valence-electron chi connectivity index (χ2n) is 18.3. The van der Waals surface area contributed by atoms with Crippen LogP contribution in [0.5, 0.6) is 0 Å². The van der Waals surface area contributed by atoms with Crippen molar-refractivity contribution in [2.45, 2.75) is 0 Å². The number of nitrogens with zero attached hydrogens (tertiary/aromatic N) is 5. The van der Waals surface area contributed by atoms with Crippen molar-refractivity contribution in [3.63, 3.8) is 0 Å². The van der Waals surface area contributed by atoms with Crippen molar-refractivity contribution in [2.75, 3.05) is 0 Å². The Kier molecular flexibility index (Phi) is 8.29. The molecule has 4 aromatic heterocycles. The van der Waals surface area contributed by atoms with Crippen molar-refractivity contribution in [3.8, 4) is 22.7 Å². The zero-order valence-electron chi connectivity index (χ0n) is 37.9. The molecule has 5 nitrogen and oxygen atoms in total. The lowest BCUT2D eigenvalue weighted by molar-refractivity contribution is 1.09. The summed E-state index contributed by atoms with van der Waals surface area (Å²) in [6.45, 7) is 0. The van der Waals surface area contributed by atoms with E-state index in [1.807, 2.05) is 6.20 Å². The standard InChI is InChI=1S/C65H41N5/c1-3-18-42(19-4-1)67-61-31-15-16-32-62(61)68(43-20-5-2-6-21-43)64-41-56-54(40-63(64)67)53-38-44(33-35-48(53)46-22-7-8-23-47(46)52-27-17-37-66-65(52)56)70-59-30-14-11-26-51(59)55-39-45(34-36-60(55)70)69-57-28-12-9-24-49(57)50-25-10-13-29-58(50)69/h1-41H. The molecule has 0 amide bonds. The molecule has 0 saturated carbocycles. The molecule has 0 radical (unpaired) electrons. The Bertz CT molecular complexity index is 4650. The minimum absolute atomic E-state index is 0.955. The highest BCUT2D eigenvalue weighted by Gasteiger charge is 2.20. The topological polar surface area (TPSA) is 32.6 Å². The van der Waals surface area contributed by atoms with Crippen LogP contribution in [0.2, 0.25) is 0 Å². The fraction of sp³-hybridized carbons (Fsp3) is 0. The predicted molar refractivity (Wildman–Crippen MR) is 294 cm³/mol. The van der Waals surface area contributed by atoms with Gasteiger partial charge in [-0.2, -0.15) is 0 Å². The van der Waals surface area contributed by atoms with Crippen LogP contribution in [0.15, 0.2) is 249 Å². The Hall–Kier alpha value is -9.45. The third kappa shape index (κ3) is 5.57. The molecule has 0 spiro atoms. The van der Waals surface area contributed by atoms with Gasteiger partial charge in [0, 0.05) is 61.3 Å². The molecule has 0 saturated heterocycles. The van der Waals surface area contributed by atoms with Gasteiger partial charge >= 0.3 is 0 Å². The van der Waals surface area contributed by atoms with E-state index in [2.05, 4.69) is 261 Å². The molecule has 0 unspecified atom stereocenters. The van der Waals surface area contributed by atoms with Gasteiger partial charge in [0.2, 0.25) is 0 Å². The molecular formula is C65H41N5. The second-order valence-corrected chi connectivity index (χ2v) is 18.3. The van der Waals surface area contributed by atoms with E-state index in [4.69, 9.17) is 4.98 Å². The van der Waals surface area contributed by atoms with Gasteiger partial charge in [-0.1, -0.05) is 140 Å². The van der Waals surface area contributed by atoms with Crippen molar-refractivity contribution in [2.24, 2.45) is 0 Å². The zero-order valence-corrected chi connectivity index (χ0v) is 37.9. The number of pyridine rings is 1. The molecule has 15 rings (SSSR count). The van der Waals surface area contributed by atoms with Crippen LogP contribution in [-0.4, -0.2) is 23.3 Å². The molecule has 0 aliphatic rings. The molecular weight excluding hydrogens is 851 g/mol. The van der Waals surface area contributed by atoms with Crippen LogP contribution in [0.4, 0.5) is 0 Å². The van der Waals surface area contributed by atoms with Gasteiger partial charge < -0.3 is 18.3 Å². The molecule has 0 bridgehead atoms. The summed E-state index contributed by atoms with van der Waals surface area (Å²) in [4.78, 5) is 5.28. The van der Waals surface area contributed by atoms with Crippen LogP contribution in [0, 0.1) is 0 Å². The summed E-state index contributed by atoms with van der Waals surface area (Å²) in [6, 6.07) is 88.7. The Labute approximate surface area is 401 Å². The van der Waals surface area contributed by atoms with E-state index in [1.54, 1.807) is 0 Å². The molecule has 0 aliphatic heterocycles. The van der Waals surface area contributed by atoms with Gasteiger partial charge in [-0.25, -0.2) is 0 Å². The van der Waals surface area contributed by atoms with E-state index < -0.39 is 0 Å². The molecule has 0 aliphatic carbocycles. The van der Waals surface area contributed by atoms with Gasteiger partial charge in [0.05, 0.1) is 49.7 Å². The summed E-state index contributed by atoms with van der Waals surface area (Å²) in [5, 5.41) is 12.9. The first-order valence-electron chi connectivity index (χ1n) is 24.0. The van der Waals surface area contributed by atoms with Gasteiger partial charge in [0.1, 0.15) is 0 Å². The van der Waals surface area contributed by atoms with Crippen molar-refractivity contribution < 1.29 is 0 Å². The highest BCUT2D eigenvalue weighted by atomic mass is 15.1. The maximum atomic E-state index is 5.28. The van der Waals surface area contributed by atoms with E-state index in [0.717, 1.165) is 88.3 Å². The lowest BCUT2D eigenvalue weighted by Gasteiger charge is -2.23. The number of para-hydroxylation sites is 7. The predicted octanol–water partition coefficient (Wildman–Crippen LogP) is 16.9. The van der Waals surface area contributed by atoms with Gasteiger partial charge in [0.15, 0.2) is 0 Å². The number of fused-ring (bicyclic) bond motifs is 16. The lowest BCUT2D eigenvalue weighted by atomic mass is 9.95. The summed E-state index contributed by atoms with van der Waals surface area (Å²) in [5.41, 5.74) is 14.5. The van der Waals surface area contributed by atoms with E-state index >= 15 is 0 Å². The molecule has 70 heavy (non-hydrogen) atoms. The van der Waals surface area contributed by atoms with Gasteiger partial charge in [-0.05, 0) is 130 Å².